The molecule has 2 rings (SSSR count). The van der Waals surface area contributed by atoms with Gasteiger partial charge in [-0.15, -0.1) is 0 Å². The molecule has 2 atom stereocenters. The van der Waals surface area contributed by atoms with Gasteiger partial charge in [0.1, 0.15) is 17.5 Å². The van der Waals surface area contributed by atoms with Gasteiger partial charge in [0.2, 0.25) is 5.91 Å². The van der Waals surface area contributed by atoms with E-state index >= 15 is 0 Å². The second kappa shape index (κ2) is 11.6. The summed E-state index contributed by atoms with van der Waals surface area (Å²) >= 11 is 3.37. The Morgan fingerprint density at radius 1 is 1.10 bits per heavy atom. The summed E-state index contributed by atoms with van der Waals surface area (Å²) in [5.74, 6) is 0.823. The van der Waals surface area contributed by atoms with Gasteiger partial charge in [-0.05, 0) is 62.2 Å². The SMILES string of the molecule is CC[C@@H](C)NC(=O)[C@H](C)N(Cc1cccc(OC)c1)C(=O)COc1ccc(Br)cc1. The Labute approximate surface area is 186 Å². The number of nitrogens with zero attached hydrogens (tertiary/aromatic N) is 1. The van der Waals surface area contributed by atoms with E-state index < -0.39 is 6.04 Å². The van der Waals surface area contributed by atoms with Crippen LogP contribution in [0, 0.1) is 0 Å². The van der Waals surface area contributed by atoms with E-state index in [0.29, 0.717) is 11.5 Å². The first kappa shape index (κ1) is 23.7. The number of hydrogen-bond acceptors (Lipinski definition) is 4. The lowest BCUT2D eigenvalue weighted by Gasteiger charge is -2.29. The second-order valence-corrected chi connectivity index (χ2v) is 8.03. The van der Waals surface area contributed by atoms with Gasteiger partial charge in [0.25, 0.3) is 5.91 Å². The van der Waals surface area contributed by atoms with Crippen molar-refractivity contribution in [3.05, 3.63) is 58.6 Å². The van der Waals surface area contributed by atoms with Crippen LogP contribution >= 0.6 is 15.9 Å². The van der Waals surface area contributed by atoms with Crippen LogP contribution in [-0.4, -0.2) is 42.5 Å². The number of amides is 2. The van der Waals surface area contributed by atoms with Gasteiger partial charge in [-0.25, -0.2) is 0 Å². The number of halogens is 1. The van der Waals surface area contributed by atoms with Gasteiger partial charge >= 0.3 is 0 Å². The summed E-state index contributed by atoms with van der Waals surface area (Å²) in [6.45, 7) is 5.78. The Balaban J connectivity index is 2.16. The molecule has 7 heteroatoms. The molecule has 1 N–H and O–H groups in total. The normalized spacial score (nSPS) is 12.6. The molecule has 30 heavy (non-hydrogen) atoms. The Morgan fingerprint density at radius 3 is 2.43 bits per heavy atom. The molecule has 2 amide bonds. The monoisotopic (exact) mass is 476 g/mol. The fraction of sp³-hybridized carbons (Fsp3) is 0.391. The van der Waals surface area contributed by atoms with Crippen LogP contribution in [0.15, 0.2) is 53.0 Å². The summed E-state index contributed by atoms with van der Waals surface area (Å²) in [4.78, 5) is 27.3. The molecule has 0 saturated carbocycles. The van der Waals surface area contributed by atoms with E-state index in [1.165, 1.54) is 4.90 Å². The van der Waals surface area contributed by atoms with Crippen molar-refractivity contribution in [2.24, 2.45) is 0 Å². The van der Waals surface area contributed by atoms with E-state index in [9.17, 15) is 9.59 Å². The van der Waals surface area contributed by atoms with Crippen molar-refractivity contribution in [3.8, 4) is 11.5 Å². The molecule has 0 spiro atoms. The predicted molar refractivity (Wildman–Crippen MR) is 121 cm³/mol. The van der Waals surface area contributed by atoms with Gasteiger partial charge in [0, 0.05) is 17.1 Å². The smallest absolute Gasteiger partial charge is 0.261 e. The summed E-state index contributed by atoms with van der Waals surface area (Å²) in [7, 11) is 1.59. The number of ether oxygens (including phenoxy) is 2. The average molecular weight is 477 g/mol. The summed E-state index contributed by atoms with van der Waals surface area (Å²) < 4.78 is 11.9. The molecule has 0 fully saturated rings. The molecule has 0 radical (unpaired) electrons. The lowest BCUT2D eigenvalue weighted by atomic mass is 10.1. The zero-order valence-corrected chi connectivity index (χ0v) is 19.4. The Morgan fingerprint density at radius 2 is 1.80 bits per heavy atom. The van der Waals surface area contributed by atoms with E-state index in [-0.39, 0.29) is 31.0 Å². The highest BCUT2D eigenvalue weighted by molar-refractivity contribution is 9.10. The van der Waals surface area contributed by atoms with Crippen molar-refractivity contribution in [1.82, 2.24) is 10.2 Å². The maximum absolute atomic E-state index is 13.0. The minimum Gasteiger partial charge on any atom is -0.497 e. The molecule has 0 unspecified atom stereocenters. The first-order valence-corrected chi connectivity index (χ1v) is 10.7. The molecule has 0 heterocycles. The number of carbonyl (C=O) groups excluding carboxylic acids is 2. The van der Waals surface area contributed by atoms with Gasteiger partial charge in [0.15, 0.2) is 6.61 Å². The first-order valence-electron chi connectivity index (χ1n) is 9.95. The maximum atomic E-state index is 13.0. The zero-order valence-electron chi connectivity index (χ0n) is 17.9. The molecule has 0 aliphatic carbocycles. The number of methoxy groups -OCH3 is 1. The third kappa shape index (κ3) is 7.06. The quantitative estimate of drug-likeness (QED) is 0.558. The van der Waals surface area contributed by atoms with E-state index in [0.717, 1.165) is 16.5 Å². The maximum Gasteiger partial charge on any atom is 0.261 e. The Hall–Kier alpha value is -2.54. The summed E-state index contributed by atoms with van der Waals surface area (Å²) in [5.41, 5.74) is 0.870. The molecular formula is C23H29BrN2O4. The summed E-state index contributed by atoms with van der Waals surface area (Å²) in [6.07, 6.45) is 0.814. The molecule has 2 aromatic rings. The molecule has 0 aliphatic rings. The first-order chi connectivity index (χ1) is 14.3. The highest BCUT2D eigenvalue weighted by atomic mass is 79.9. The van der Waals surface area contributed by atoms with Crippen LogP contribution in [0.3, 0.4) is 0 Å². The van der Waals surface area contributed by atoms with Crippen LogP contribution in [0.25, 0.3) is 0 Å². The molecule has 2 aromatic carbocycles. The van der Waals surface area contributed by atoms with Gasteiger partial charge in [-0.3, -0.25) is 9.59 Å². The standard InChI is InChI=1S/C23H29BrN2O4/c1-5-16(2)25-23(28)17(3)26(14-18-7-6-8-21(13-18)29-4)22(27)15-30-20-11-9-19(24)10-12-20/h6-13,16-17H,5,14-15H2,1-4H3,(H,25,28)/t16-,17+/m1/s1. The Kier molecular flexibility index (Phi) is 9.17. The number of rotatable bonds is 10. The molecule has 0 saturated heterocycles. The number of carbonyl (C=O) groups is 2. The summed E-state index contributed by atoms with van der Waals surface area (Å²) in [5, 5.41) is 2.95. The molecule has 162 valence electrons. The highest BCUT2D eigenvalue weighted by Crippen LogP contribution is 2.18. The van der Waals surface area contributed by atoms with Crippen molar-refractivity contribution < 1.29 is 19.1 Å². The number of nitrogens with one attached hydrogen (secondary N) is 1. The van der Waals surface area contributed by atoms with Crippen LogP contribution in [-0.2, 0) is 16.1 Å². The van der Waals surface area contributed by atoms with Crippen molar-refractivity contribution in [2.75, 3.05) is 13.7 Å². The summed E-state index contributed by atoms with van der Waals surface area (Å²) in [6, 6.07) is 14.1. The fourth-order valence-electron chi connectivity index (χ4n) is 2.77. The number of hydrogen-bond donors (Lipinski definition) is 1. The van der Waals surface area contributed by atoms with Gasteiger partial charge in [-0.1, -0.05) is 35.0 Å². The van der Waals surface area contributed by atoms with Crippen LogP contribution in [0.2, 0.25) is 0 Å². The lowest BCUT2D eigenvalue weighted by Crippen LogP contribution is -2.50. The highest BCUT2D eigenvalue weighted by Gasteiger charge is 2.27. The van der Waals surface area contributed by atoms with Crippen LogP contribution < -0.4 is 14.8 Å². The van der Waals surface area contributed by atoms with Crippen LogP contribution in [0.1, 0.15) is 32.8 Å². The second-order valence-electron chi connectivity index (χ2n) is 7.11. The third-order valence-electron chi connectivity index (χ3n) is 4.83. The molecule has 0 aromatic heterocycles. The van der Waals surface area contributed by atoms with Gasteiger partial charge in [0.05, 0.1) is 7.11 Å². The lowest BCUT2D eigenvalue weighted by molar-refractivity contribution is -0.142. The molecule has 0 aliphatic heterocycles. The van der Waals surface area contributed by atoms with Gasteiger partial charge in [-0.2, -0.15) is 0 Å². The third-order valence-corrected chi connectivity index (χ3v) is 5.36. The van der Waals surface area contributed by atoms with Crippen molar-refractivity contribution in [3.63, 3.8) is 0 Å². The fourth-order valence-corrected chi connectivity index (χ4v) is 3.04. The van der Waals surface area contributed by atoms with E-state index in [1.54, 1.807) is 26.2 Å². The van der Waals surface area contributed by atoms with Gasteiger partial charge < -0.3 is 19.7 Å². The van der Waals surface area contributed by atoms with E-state index in [2.05, 4.69) is 21.2 Å². The van der Waals surface area contributed by atoms with Crippen molar-refractivity contribution in [2.45, 2.75) is 45.8 Å². The van der Waals surface area contributed by atoms with Crippen molar-refractivity contribution >= 4 is 27.7 Å². The van der Waals surface area contributed by atoms with E-state index in [4.69, 9.17) is 9.47 Å². The van der Waals surface area contributed by atoms with Crippen LogP contribution in [0.5, 0.6) is 11.5 Å². The minimum atomic E-state index is -0.647. The molecular weight excluding hydrogens is 448 g/mol. The predicted octanol–water partition coefficient (Wildman–Crippen LogP) is 4.17. The molecule has 6 nitrogen and oxygen atoms in total. The Bertz CT molecular complexity index is 841. The minimum absolute atomic E-state index is 0.0349. The zero-order chi connectivity index (χ0) is 22.1. The van der Waals surface area contributed by atoms with E-state index in [1.807, 2.05) is 50.2 Å². The average Bonchev–Trinajstić information content (AvgIpc) is 2.76. The topological polar surface area (TPSA) is 67.9 Å². The number of benzene rings is 2. The largest absolute Gasteiger partial charge is 0.497 e. The van der Waals surface area contributed by atoms with Crippen LogP contribution in [0.4, 0.5) is 0 Å². The van der Waals surface area contributed by atoms with Crippen molar-refractivity contribution in [1.29, 1.82) is 0 Å². The molecule has 0 bridgehead atoms.